The van der Waals surface area contributed by atoms with Gasteiger partial charge in [0.15, 0.2) is 5.65 Å². The molecule has 0 saturated heterocycles. The van der Waals surface area contributed by atoms with Gasteiger partial charge in [0, 0.05) is 11.4 Å². The van der Waals surface area contributed by atoms with Gasteiger partial charge < -0.3 is 29.9 Å². The molecule has 1 aromatic carbocycles. The van der Waals surface area contributed by atoms with Crippen LogP contribution >= 0.6 is 19.4 Å². The van der Waals surface area contributed by atoms with Crippen molar-refractivity contribution in [2.75, 3.05) is 18.7 Å². The predicted octanol–water partition coefficient (Wildman–Crippen LogP) is 1.42. The van der Waals surface area contributed by atoms with E-state index in [2.05, 4.69) is 15.0 Å². The van der Waals surface area contributed by atoms with E-state index >= 15 is 0 Å². The second-order valence-electron chi connectivity index (χ2n) is 5.30. The fourth-order valence-electron chi connectivity index (χ4n) is 2.14. The van der Waals surface area contributed by atoms with Crippen LogP contribution in [0.25, 0.3) is 11.2 Å². The SMILES string of the molecule is Nc1nc(Sc2ccc(O)cc2)c2ncn(CCOCP(=O)(O)O)c2n1. The summed E-state index contributed by atoms with van der Waals surface area (Å²) in [4.78, 5) is 31.1. The number of benzene rings is 1. The summed E-state index contributed by atoms with van der Waals surface area (Å²) in [5.74, 6) is 0.248. The lowest BCUT2D eigenvalue weighted by Gasteiger charge is -2.07. The van der Waals surface area contributed by atoms with Crippen LogP contribution in [-0.2, 0) is 15.8 Å². The molecule has 0 fully saturated rings. The van der Waals surface area contributed by atoms with Gasteiger partial charge in [-0.05, 0) is 24.3 Å². The molecule has 0 aliphatic heterocycles. The first-order valence-corrected chi connectivity index (χ1v) is 10.0. The van der Waals surface area contributed by atoms with E-state index in [9.17, 15) is 9.67 Å². The Bertz CT molecular complexity index is 958. The van der Waals surface area contributed by atoms with Crippen LogP contribution in [-0.4, -0.2) is 47.4 Å². The lowest BCUT2D eigenvalue weighted by Crippen LogP contribution is -2.07. The Balaban J connectivity index is 1.79. The molecule has 0 bridgehead atoms. The van der Waals surface area contributed by atoms with Gasteiger partial charge in [0.25, 0.3) is 0 Å². The maximum absolute atomic E-state index is 10.8. The Labute approximate surface area is 152 Å². The van der Waals surface area contributed by atoms with Crippen molar-refractivity contribution >= 4 is 36.5 Å². The molecule has 0 aliphatic rings. The highest BCUT2D eigenvalue weighted by Gasteiger charge is 2.15. The molecule has 10 nitrogen and oxygen atoms in total. The van der Waals surface area contributed by atoms with Gasteiger partial charge in [0.1, 0.15) is 22.6 Å². The van der Waals surface area contributed by atoms with Crippen molar-refractivity contribution in [2.24, 2.45) is 0 Å². The minimum absolute atomic E-state index is 0.0802. The molecule has 3 aromatic rings. The molecular weight excluding hydrogens is 381 g/mol. The van der Waals surface area contributed by atoms with Gasteiger partial charge in [-0.3, -0.25) is 4.57 Å². The predicted molar refractivity (Wildman–Crippen MR) is 94.8 cm³/mol. The summed E-state index contributed by atoms with van der Waals surface area (Å²) < 4.78 is 17.4. The minimum atomic E-state index is -4.19. The number of aromatic hydroxyl groups is 1. The van der Waals surface area contributed by atoms with Gasteiger partial charge in [-0.1, -0.05) is 11.8 Å². The molecule has 0 radical (unpaired) electrons. The summed E-state index contributed by atoms with van der Waals surface area (Å²) in [5.41, 5.74) is 6.84. The standard InChI is InChI=1S/C14H16N5O5PS/c15-14-17-12-11(13(18-14)26-10-3-1-9(20)2-4-10)16-7-19(12)5-6-24-8-25(21,22)23/h1-4,7,20H,5-6,8H2,(H2,15,17,18)(H2,21,22,23). The number of rotatable bonds is 7. The van der Waals surface area contributed by atoms with Gasteiger partial charge in [0.2, 0.25) is 5.95 Å². The molecule has 2 aromatic heterocycles. The quantitative estimate of drug-likeness (QED) is 0.261. The summed E-state index contributed by atoms with van der Waals surface area (Å²) in [7, 11) is -4.19. The van der Waals surface area contributed by atoms with E-state index in [0.717, 1.165) is 4.90 Å². The first kappa shape index (κ1) is 18.6. The molecule has 0 unspecified atom stereocenters. The highest BCUT2D eigenvalue weighted by atomic mass is 32.2. The first-order chi connectivity index (χ1) is 12.3. The maximum Gasteiger partial charge on any atom is 0.350 e. The number of aromatic nitrogens is 4. The molecule has 12 heteroatoms. The van der Waals surface area contributed by atoms with E-state index in [1.165, 1.54) is 11.8 Å². The Hall–Kier alpha value is -2.17. The number of imidazole rings is 1. The topological polar surface area (TPSA) is 157 Å². The summed E-state index contributed by atoms with van der Waals surface area (Å²) in [5, 5.41) is 9.93. The van der Waals surface area contributed by atoms with E-state index in [1.54, 1.807) is 35.2 Å². The number of nitrogen functional groups attached to an aromatic ring is 1. The number of hydrogen-bond acceptors (Lipinski definition) is 8. The number of fused-ring (bicyclic) bond motifs is 1. The number of nitrogens with two attached hydrogens (primary N) is 1. The number of hydrogen-bond donors (Lipinski definition) is 4. The monoisotopic (exact) mass is 397 g/mol. The number of phenols is 1. The second-order valence-corrected chi connectivity index (χ2v) is 7.94. The molecule has 138 valence electrons. The van der Waals surface area contributed by atoms with Crippen LogP contribution in [0, 0.1) is 0 Å². The summed E-state index contributed by atoms with van der Waals surface area (Å²) in [6, 6.07) is 6.64. The van der Waals surface area contributed by atoms with Crippen LogP contribution in [0.15, 0.2) is 40.5 Å². The first-order valence-electron chi connectivity index (χ1n) is 7.39. The van der Waals surface area contributed by atoms with Crippen LogP contribution in [0.5, 0.6) is 5.75 Å². The average molecular weight is 397 g/mol. The normalized spacial score (nSPS) is 11.9. The third-order valence-corrected chi connectivity index (χ3v) is 4.74. The molecule has 5 N–H and O–H groups in total. The maximum atomic E-state index is 10.8. The van der Waals surface area contributed by atoms with Crippen LogP contribution in [0.1, 0.15) is 0 Å². The van der Waals surface area contributed by atoms with E-state index in [-0.39, 0.29) is 18.3 Å². The molecule has 0 amide bonds. The van der Waals surface area contributed by atoms with E-state index in [4.69, 9.17) is 20.3 Å². The summed E-state index contributed by atoms with van der Waals surface area (Å²) >= 11 is 1.33. The lowest BCUT2D eigenvalue weighted by molar-refractivity contribution is 0.149. The van der Waals surface area contributed by atoms with E-state index < -0.39 is 13.9 Å². The zero-order chi connectivity index (χ0) is 18.7. The Morgan fingerprint density at radius 3 is 2.65 bits per heavy atom. The molecule has 3 rings (SSSR count). The van der Waals surface area contributed by atoms with Crippen molar-refractivity contribution in [1.82, 2.24) is 19.5 Å². The van der Waals surface area contributed by atoms with Crippen LogP contribution < -0.4 is 5.73 Å². The number of anilines is 1. The van der Waals surface area contributed by atoms with Gasteiger partial charge in [0.05, 0.1) is 12.9 Å². The average Bonchev–Trinajstić information content (AvgIpc) is 2.96. The highest BCUT2D eigenvalue weighted by Crippen LogP contribution is 2.34. The summed E-state index contributed by atoms with van der Waals surface area (Å²) in [6.45, 7) is 0.386. The number of phenolic OH excluding ortho intramolecular Hbond substituents is 1. The molecule has 0 spiro atoms. The van der Waals surface area contributed by atoms with Gasteiger partial charge in [-0.25, -0.2) is 9.97 Å². The van der Waals surface area contributed by atoms with Crippen molar-refractivity contribution in [3.8, 4) is 5.75 Å². The van der Waals surface area contributed by atoms with Gasteiger partial charge >= 0.3 is 7.60 Å². The lowest BCUT2D eigenvalue weighted by atomic mass is 10.3. The van der Waals surface area contributed by atoms with Crippen LogP contribution in [0.4, 0.5) is 5.95 Å². The fourth-order valence-corrected chi connectivity index (χ4v) is 3.38. The smallest absolute Gasteiger partial charge is 0.350 e. The third-order valence-electron chi connectivity index (χ3n) is 3.24. The van der Waals surface area contributed by atoms with Crippen molar-refractivity contribution in [3.63, 3.8) is 0 Å². The van der Waals surface area contributed by atoms with Crippen molar-refractivity contribution in [1.29, 1.82) is 0 Å². The molecule has 0 aliphatic carbocycles. The summed E-state index contributed by atoms with van der Waals surface area (Å²) in [6.07, 6.45) is 0.902. The molecule has 26 heavy (non-hydrogen) atoms. The molecule has 2 heterocycles. The van der Waals surface area contributed by atoms with Gasteiger partial charge in [-0.2, -0.15) is 4.98 Å². The van der Waals surface area contributed by atoms with Gasteiger partial charge in [-0.15, -0.1) is 0 Å². The van der Waals surface area contributed by atoms with Crippen molar-refractivity contribution in [3.05, 3.63) is 30.6 Å². The van der Waals surface area contributed by atoms with E-state index in [1.807, 2.05) is 0 Å². The van der Waals surface area contributed by atoms with Crippen LogP contribution in [0.2, 0.25) is 0 Å². The largest absolute Gasteiger partial charge is 0.508 e. The van der Waals surface area contributed by atoms with Crippen molar-refractivity contribution in [2.45, 2.75) is 16.5 Å². The highest BCUT2D eigenvalue weighted by molar-refractivity contribution is 7.99. The number of ether oxygens (including phenoxy) is 1. The zero-order valence-corrected chi connectivity index (χ0v) is 15.1. The second kappa shape index (κ2) is 7.60. The van der Waals surface area contributed by atoms with E-state index in [0.29, 0.717) is 22.7 Å². The fraction of sp³-hybridized carbons (Fsp3) is 0.214. The van der Waals surface area contributed by atoms with Crippen molar-refractivity contribution < 1.29 is 24.2 Å². The number of nitrogens with zero attached hydrogens (tertiary/aromatic N) is 4. The minimum Gasteiger partial charge on any atom is -0.508 e. The van der Waals surface area contributed by atoms with Crippen LogP contribution in [0.3, 0.4) is 0 Å². The molecular formula is C14H16N5O5PS. The molecule has 0 atom stereocenters. The third kappa shape index (κ3) is 4.71. The Morgan fingerprint density at radius 2 is 1.96 bits per heavy atom. The Morgan fingerprint density at radius 1 is 1.23 bits per heavy atom. The Kier molecular flexibility index (Phi) is 5.44. The molecule has 0 saturated carbocycles. The zero-order valence-electron chi connectivity index (χ0n) is 13.4.